The third-order valence-electron chi connectivity index (χ3n) is 4.77. The quantitative estimate of drug-likeness (QED) is 0.714. The molecule has 0 radical (unpaired) electrons. The summed E-state index contributed by atoms with van der Waals surface area (Å²) in [5, 5.41) is 0. The summed E-state index contributed by atoms with van der Waals surface area (Å²) in [6.07, 6.45) is -0.851. The molecule has 7 heteroatoms. The molecule has 0 spiro atoms. The second-order valence-corrected chi connectivity index (χ2v) is 6.65. The number of esters is 1. The van der Waals surface area contributed by atoms with Crippen molar-refractivity contribution in [3.05, 3.63) is 35.4 Å². The van der Waals surface area contributed by atoms with Crippen molar-refractivity contribution in [1.82, 2.24) is 4.90 Å². The molecular formula is C19H24F3NO3. The van der Waals surface area contributed by atoms with E-state index >= 15 is 0 Å². The van der Waals surface area contributed by atoms with E-state index in [2.05, 4.69) is 4.74 Å². The van der Waals surface area contributed by atoms with Crippen molar-refractivity contribution in [1.29, 1.82) is 0 Å². The monoisotopic (exact) mass is 371 g/mol. The Morgan fingerprint density at radius 2 is 1.73 bits per heavy atom. The van der Waals surface area contributed by atoms with Gasteiger partial charge < -0.3 is 9.64 Å². The Labute approximate surface area is 151 Å². The van der Waals surface area contributed by atoms with Crippen molar-refractivity contribution in [2.45, 2.75) is 44.7 Å². The van der Waals surface area contributed by atoms with Gasteiger partial charge >= 0.3 is 12.1 Å². The van der Waals surface area contributed by atoms with Crippen molar-refractivity contribution in [3.63, 3.8) is 0 Å². The van der Waals surface area contributed by atoms with Crippen LogP contribution in [0.5, 0.6) is 0 Å². The van der Waals surface area contributed by atoms with Gasteiger partial charge in [0, 0.05) is 25.9 Å². The van der Waals surface area contributed by atoms with Gasteiger partial charge in [-0.1, -0.05) is 12.1 Å². The number of alkyl halides is 3. The summed E-state index contributed by atoms with van der Waals surface area (Å²) in [4.78, 5) is 25.0. The first kappa shape index (κ1) is 20.3. The fourth-order valence-corrected chi connectivity index (χ4v) is 3.19. The van der Waals surface area contributed by atoms with Crippen molar-refractivity contribution in [3.8, 4) is 0 Å². The lowest BCUT2D eigenvalue weighted by molar-refractivity contribution is -0.141. The number of rotatable bonds is 6. The van der Waals surface area contributed by atoms with E-state index in [4.69, 9.17) is 0 Å². The lowest BCUT2D eigenvalue weighted by Crippen LogP contribution is -2.38. The molecule has 0 atom stereocenters. The third kappa shape index (κ3) is 6.04. The lowest BCUT2D eigenvalue weighted by Gasteiger charge is -2.32. The number of benzene rings is 1. The van der Waals surface area contributed by atoms with Crippen LogP contribution in [0.4, 0.5) is 13.2 Å². The van der Waals surface area contributed by atoms with Gasteiger partial charge in [0.1, 0.15) is 0 Å². The molecule has 2 rings (SSSR count). The molecule has 26 heavy (non-hydrogen) atoms. The summed E-state index contributed by atoms with van der Waals surface area (Å²) < 4.78 is 42.3. The minimum absolute atomic E-state index is 0.0434. The van der Waals surface area contributed by atoms with Crippen molar-refractivity contribution in [2.75, 3.05) is 20.2 Å². The highest BCUT2D eigenvalue weighted by Crippen LogP contribution is 2.30. The zero-order chi connectivity index (χ0) is 19.2. The standard InChI is InChI=1S/C19H24F3NO3/c1-26-18(25)4-2-3-17(24)23-11-9-15(10-12-23)13-14-5-7-16(8-6-14)19(20,21)22/h5-8,15H,2-4,9-13H2,1H3. The fourth-order valence-electron chi connectivity index (χ4n) is 3.19. The predicted octanol–water partition coefficient (Wildman–Crippen LogP) is 3.83. The molecule has 0 aromatic heterocycles. The van der Waals surface area contributed by atoms with Crippen LogP contribution in [-0.4, -0.2) is 37.0 Å². The zero-order valence-corrected chi connectivity index (χ0v) is 14.8. The molecule has 144 valence electrons. The molecule has 0 bridgehead atoms. The first-order valence-electron chi connectivity index (χ1n) is 8.80. The number of methoxy groups -OCH3 is 1. The van der Waals surface area contributed by atoms with Crippen LogP contribution in [-0.2, 0) is 26.9 Å². The number of ether oxygens (including phenoxy) is 1. The molecule has 0 saturated carbocycles. The second-order valence-electron chi connectivity index (χ2n) is 6.65. The Kier molecular flexibility index (Phi) is 7.06. The van der Waals surface area contributed by atoms with Crippen LogP contribution in [0.3, 0.4) is 0 Å². The number of nitrogens with zero attached hydrogens (tertiary/aromatic N) is 1. The Morgan fingerprint density at radius 1 is 1.12 bits per heavy atom. The first-order valence-corrected chi connectivity index (χ1v) is 8.80. The number of halogens is 3. The minimum Gasteiger partial charge on any atom is -0.469 e. The summed E-state index contributed by atoms with van der Waals surface area (Å²) in [5.74, 6) is 0.0980. The van der Waals surface area contributed by atoms with Gasteiger partial charge in [-0.25, -0.2) is 0 Å². The molecule has 4 nitrogen and oxygen atoms in total. The van der Waals surface area contributed by atoms with Gasteiger partial charge in [0.05, 0.1) is 12.7 Å². The molecule has 0 N–H and O–H groups in total. The molecule has 1 fully saturated rings. The van der Waals surface area contributed by atoms with E-state index < -0.39 is 11.7 Å². The van der Waals surface area contributed by atoms with Crippen LogP contribution in [0, 0.1) is 5.92 Å². The SMILES string of the molecule is COC(=O)CCCC(=O)N1CCC(Cc2ccc(C(F)(F)F)cc2)CC1. The van der Waals surface area contributed by atoms with E-state index in [9.17, 15) is 22.8 Å². The highest BCUT2D eigenvalue weighted by molar-refractivity contribution is 5.77. The second kappa shape index (κ2) is 9.05. The highest BCUT2D eigenvalue weighted by Gasteiger charge is 2.30. The smallest absolute Gasteiger partial charge is 0.416 e. The Morgan fingerprint density at radius 3 is 2.27 bits per heavy atom. The van der Waals surface area contributed by atoms with Crippen molar-refractivity contribution >= 4 is 11.9 Å². The van der Waals surface area contributed by atoms with Gasteiger partial charge in [0.2, 0.25) is 5.91 Å². The van der Waals surface area contributed by atoms with E-state index in [1.54, 1.807) is 4.90 Å². The molecule has 1 aliphatic heterocycles. The van der Waals surface area contributed by atoms with Gasteiger partial charge in [-0.3, -0.25) is 9.59 Å². The Balaban J connectivity index is 1.74. The molecule has 1 saturated heterocycles. The molecule has 1 heterocycles. The van der Waals surface area contributed by atoms with E-state index in [1.165, 1.54) is 19.2 Å². The molecule has 0 unspecified atom stereocenters. The average molecular weight is 371 g/mol. The number of hydrogen-bond acceptors (Lipinski definition) is 3. The maximum absolute atomic E-state index is 12.6. The van der Waals surface area contributed by atoms with Crippen molar-refractivity contribution in [2.24, 2.45) is 5.92 Å². The van der Waals surface area contributed by atoms with Crippen LogP contribution in [0.2, 0.25) is 0 Å². The van der Waals surface area contributed by atoms with Gasteiger partial charge in [0.25, 0.3) is 0 Å². The third-order valence-corrected chi connectivity index (χ3v) is 4.77. The van der Waals surface area contributed by atoms with E-state index in [-0.39, 0.29) is 18.3 Å². The summed E-state index contributed by atoms with van der Waals surface area (Å²) in [6, 6.07) is 5.31. The molecule has 0 aliphatic carbocycles. The Hall–Kier alpha value is -2.05. The molecule has 1 aromatic carbocycles. The van der Waals surface area contributed by atoms with Crippen LogP contribution in [0.1, 0.15) is 43.2 Å². The van der Waals surface area contributed by atoms with E-state index in [0.717, 1.165) is 37.0 Å². The topological polar surface area (TPSA) is 46.6 Å². The number of likely N-dealkylation sites (tertiary alicyclic amines) is 1. The Bertz CT molecular complexity index is 605. The molecule has 1 aromatic rings. The summed E-state index contributed by atoms with van der Waals surface area (Å²) in [5.41, 5.74) is 0.259. The maximum Gasteiger partial charge on any atom is 0.416 e. The van der Waals surface area contributed by atoms with Gasteiger partial charge in [-0.15, -0.1) is 0 Å². The van der Waals surface area contributed by atoms with Crippen molar-refractivity contribution < 1.29 is 27.5 Å². The number of carbonyl (C=O) groups is 2. The van der Waals surface area contributed by atoms with Gasteiger partial charge in [0.15, 0.2) is 0 Å². The normalized spacial score (nSPS) is 15.8. The van der Waals surface area contributed by atoms with Crippen LogP contribution in [0.25, 0.3) is 0 Å². The fraction of sp³-hybridized carbons (Fsp3) is 0.579. The largest absolute Gasteiger partial charge is 0.469 e. The number of hydrogen-bond donors (Lipinski definition) is 0. The first-order chi connectivity index (χ1) is 12.3. The number of amides is 1. The molecule has 1 amide bonds. The van der Waals surface area contributed by atoms with Crippen LogP contribution < -0.4 is 0 Å². The average Bonchev–Trinajstić information content (AvgIpc) is 2.61. The van der Waals surface area contributed by atoms with Crippen LogP contribution >= 0.6 is 0 Å². The predicted molar refractivity (Wildman–Crippen MR) is 90.3 cm³/mol. The van der Waals surface area contributed by atoms with Crippen LogP contribution in [0.15, 0.2) is 24.3 Å². The highest BCUT2D eigenvalue weighted by atomic mass is 19.4. The molecular weight excluding hydrogens is 347 g/mol. The summed E-state index contributed by atoms with van der Waals surface area (Å²) in [7, 11) is 1.32. The summed E-state index contributed by atoms with van der Waals surface area (Å²) >= 11 is 0. The van der Waals surface area contributed by atoms with Gasteiger partial charge in [-0.2, -0.15) is 13.2 Å². The number of carbonyl (C=O) groups excluding carboxylic acids is 2. The minimum atomic E-state index is -4.31. The van der Waals surface area contributed by atoms with E-state index in [1.807, 2.05) is 0 Å². The molecule has 1 aliphatic rings. The lowest BCUT2D eigenvalue weighted by atomic mass is 9.89. The van der Waals surface area contributed by atoms with Gasteiger partial charge in [-0.05, 0) is 49.3 Å². The zero-order valence-electron chi connectivity index (χ0n) is 14.8. The summed E-state index contributed by atoms with van der Waals surface area (Å²) in [6.45, 7) is 1.31. The van der Waals surface area contributed by atoms with E-state index in [0.29, 0.717) is 31.8 Å². The maximum atomic E-state index is 12.6. The number of piperidine rings is 1.